The van der Waals surface area contributed by atoms with E-state index in [4.69, 9.17) is 0 Å². The summed E-state index contributed by atoms with van der Waals surface area (Å²) in [6.45, 7) is 0. The lowest BCUT2D eigenvalue weighted by atomic mass is 11.8. The second-order valence-electron chi connectivity index (χ2n) is 0.154. The molecule has 0 aliphatic carbocycles. The van der Waals surface area contributed by atoms with Gasteiger partial charge in [-0.3, -0.25) is 0 Å². The fraction of sp³-hybridized carbons (Fsp3) is 1.00. The van der Waals surface area contributed by atoms with Gasteiger partial charge in [-0.25, -0.2) is 0 Å². The van der Waals surface area contributed by atoms with Crippen molar-refractivity contribution < 1.29 is 3.83 Å². The summed E-state index contributed by atoms with van der Waals surface area (Å²) in [4.78, 5) is 0. The molecular formula is CH4Br2O. The first-order valence-electron chi connectivity index (χ1n) is 0.563. The Labute approximate surface area is 44.6 Å². The fourth-order valence-corrected chi connectivity index (χ4v) is 0. The standard InChI is InChI=1S/CH3BrO.BrH/c1-3-2;/h1H3;1H. The third-order valence-corrected chi connectivity index (χ3v) is 0. The second kappa shape index (κ2) is 9.07. The summed E-state index contributed by atoms with van der Waals surface area (Å²) in [5, 5.41) is 0. The Morgan fingerprint density at radius 1 is 1.75 bits per heavy atom. The van der Waals surface area contributed by atoms with Crippen molar-refractivity contribution in [2.45, 2.75) is 0 Å². The minimum atomic E-state index is 0. The molecule has 0 aromatic carbocycles. The zero-order valence-corrected chi connectivity index (χ0v) is 5.49. The number of hydrogen-bond donors (Lipinski definition) is 0. The first-order valence-corrected chi connectivity index (χ1v) is 1.21. The number of hydrogen-bond acceptors (Lipinski definition) is 1. The van der Waals surface area contributed by atoms with Gasteiger partial charge in [0.15, 0.2) is 0 Å². The van der Waals surface area contributed by atoms with Gasteiger partial charge in [-0.1, -0.05) is 0 Å². The molecule has 0 heterocycles. The molecule has 0 bridgehead atoms. The van der Waals surface area contributed by atoms with Crippen LogP contribution in [-0.4, -0.2) is 7.11 Å². The van der Waals surface area contributed by atoms with Gasteiger partial charge in [-0.05, 0) is 0 Å². The zero-order valence-electron chi connectivity index (χ0n) is 2.19. The predicted octanol–water partition coefficient (Wildman–Crippen LogP) is 1.52. The van der Waals surface area contributed by atoms with Gasteiger partial charge < -0.3 is 3.83 Å². The highest BCUT2D eigenvalue weighted by atomic mass is 79.9. The molecule has 0 N–H and O–H groups in total. The molecule has 3 heteroatoms. The van der Waals surface area contributed by atoms with Gasteiger partial charge in [0, 0.05) is 0 Å². The molecule has 0 spiro atoms. The van der Waals surface area contributed by atoms with Crippen molar-refractivity contribution in [1.29, 1.82) is 0 Å². The van der Waals surface area contributed by atoms with Crippen molar-refractivity contribution in [2.24, 2.45) is 0 Å². The Balaban J connectivity index is 0. The van der Waals surface area contributed by atoms with E-state index in [1.807, 2.05) is 0 Å². The van der Waals surface area contributed by atoms with Crippen LogP contribution in [0, 0.1) is 0 Å². The molecule has 0 amide bonds. The van der Waals surface area contributed by atoms with E-state index < -0.39 is 0 Å². The highest BCUT2D eigenvalue weighted by Crippen LogP contribution is 1.67. The monoisotopic (exact) mass is 190 g/mol. The molecule has 0 aromatic rings. The van der Waals surface area contributed by atoms with Crippen molar-refractivity contribution in [1.82, 2.24) is 0 Å². The average Bonchev–Trinajstić information content (AvgIpc) is 0.918. The highest BCUT2D eigenvalue weighted by molar-refractivity contribution is 9.06. The maximum absolute atomic E-state index is 4.06. The van der Waals surface area contributed by atoms with Crippen LogP contribution >= 0.6 is 33.2 Å². The van der Waals surface area contributed by atoms with Gasteiger partial charge in [-0.15, -0.1) is 17.0 Å². The maximum atomic E-state index is 4.06. The molecule has 0 saturated carbocycles. The van der Waals surface area contributed by atoms with E-state index in [9.17, 15) is 0 Å². The van der Waals surface area contributed by atoms with E-state index in [2.05, 4.69) is 20.1 Å². The molecule has 0 fully saturated rings. The summed E-state index contributed by atoms with van der Waals surface area (Å²) in [6, 6.07) is 0. The van der Waals surface area contributed by atoms with Crippen LogP contribution in [0.5, 0.6) is 0 Å². The van der Waals surface area contributed by atoms with Gasteiger partial charge in [0.1, 0.15) is 0 Å². The summed E-state index contributed by atoms with van der Waals surface area (Å²) in [7, 11) is 1.54. The average molecular weight is 192 g/mol. The lowest BCUT2D eigenvalue weighted by molar-refractivity contribution is 0.519. The van der Waals surface area contributed by atoms with Crippen LogP contribution in [0.15, 0.2) is 0 Å². The second-order valence-corrected chi connectivity index (χ2v) is 0.802. The lowest BCUT2D eigenvalue weighted by Crippen LogP contribution is -1.37. The lowest BCUT2D eigenvalue weighted by Gasteiger charge is -1.55. The molecule has 0 aromatic heterocycles. The van der Waals surface area contributed by atoms with E-state index in [0.717, 1.165) is 0 Å². The summed E-state index contributed by atoms with van der Waals surface area (Å²) < 4.78 is 4.06. The molecule has 28 valence electrons. The van der Waals surface area contributed by atoms with E-state index >= 15 is 0 Å². The Bertz CT molecular complexity index is 6.00. The van der Waals surface area contributed by atoms with Crippen LogP contribution in [0.25, 0.3) is 0 Å². The molecule has 1 nitrogen and oxygen atoms in total. The minimum absolute atomic E-state index is 0. The summed E-state index contributed by atoms with van der Waals surface area (Å²) in [6.07, 6.45) is 0. The van der Waals surface area contributed by atoms with Crippen molar-refractivity contribution in [2.75, 3.05) is 7.11 Å². The van der Waals surface area contributed by atoms with Gasteiger partial charge in [0.2, 0.25) is 0 Å². The van der Waals surface area contributed by atoms with Crippen molar-refractivity contribution in [3.05, 3.63) is 0 Å². The highest BCUT2D eigenvalue weighted by Gasteiger charge is 1.31. The fourth-order valence-electron chi connectivity index (χ4n) is 0. The van der Waals surface area contributed by atoms with Gasteiger partial charge in [0.05, 0.1) is 23.4 Å². The van der Waals surface area contributed by atoms with Crippen LogP contribution in [0.4, 0.5) is 0 Å². The van der Waals surface area contributed by atoms with Crippen LogP contribution in [0.1, 0.15) is 0 Å². The van der Waals surface area contributed by atoms with Crippen molar-refractivity contribution in [3.63, 3.8) is 0 Å². The van der Waals surface area contributed by atoms with Crippen LogP contribution < -0.4 is 0 Å². The first-order chi connectivity index (χ1) is 1.41. The van der Waals surface area contributed by atoms with Crippen LogP contribution in [0.3, 0.4) is 0 Å². The Hall–Kier alpha value is 0.920. The summed E-state index contributed by atoms with van der Waals surface area (Å²) >= 11 is 2.65. The molecule has 0 saturated heterocycles. The van der Waals surface area contributed by atoms with Gasteiger partial charge in [-0.2, -0.15) is 0 Å². The Morgan fingerprint density at radius 2 is 1.75 bits per heavy atom. The van der Waals surface area contributed by atoms with E-state index in [-0.39, 0.29) is 17.0 Å². The molecule has 0 rings (SSSR count). The van der Waals surface area contributed by atoms with Crippen molar-refractivity contribution in [3.8, 4) is 0 Å². The smallest absolute Gasteiger partial charge is 0.0984 e. The van der Waals surface area contributed by atoms with E-state index in [1.54, 1.807) is 7.11 Å². The van der Waals surface area contributed by atoms with Gasteiger partial charge in [0.25, 0.3) is 0 Å². The molecular weight excluding hydrogens is 188 g/mol. The Morgan fingerprint density at radius 3 is 1.75 bits per heavy atom. The summed E-state index contributed by atoms with van der Waals surface area (Å²) in [5.41, 5.74) is 0. The third-order valence-electron chi connectivity index (χ3n) is 0. The SMILES string of the molecule is Br.COBr. The molecule has 0 atom stereocenters. The molecule has 4 heavy (non-hydrogen) atoms. The molecule has 0 unspecified atom stereocenters. The normalized spacial score (nSPS) is 4.50. The zero-order chi connectivity index (χ0) is 2.71. The molecule has 0 aliphatic heterocycles. The van der Waals surface area contributed by atoms with Crippen LogP contribution in [0.2, 0.25) is 0 Å². The number of halogens is 2. The third kappa shape index (κ3) is 12.7. The largest absolute Gasteiger partial charge is 0.311 e. The van der Waals surface area contributed by atoms with Crippen molar-refractivity contribution >= 4 is 33.2 Å². The van der Waals surface area contributed by atoms with E-state index in [1.165, 1.54) is 0 Å². The Kier molecular flexibility index (Phi) is 20.1. The minimum Gasteiger partial charge on any atom is -0.311 e. The number of rotatable bonds is 0. The van der Waals surface area contributed by atoms with E-state index in [0.29, 0.717) is 0 Å². The quantitative estimate of drug-likeness (QED) is 0.565. The van der Waals surface area contributed by atoms with Gasteiger partial charge >= 0.3 is 0 Å². The maximum Gasteiger partial charge on any atom is 0.0984 e. The molecule has 0 aliphatic rings. The first kappa shape index (κ1) is 8.87. The predicted molar refractivity (Wildman–Crippen MR) is 26.3 cm³/mol. The summed E-state index contributed by atoms with van der Waals surface area (Å²) in [5.74, 6) is 0. The molecule has 0 radical (unpaired) electrons. The van der Waals surface area contributed by atoms with Crippen LogP contribution in [-0.2, 0) is 3.83 Å². The topological polar surface area (TPSA) is 9.23 Å².